The van der Waals surface area contributed by atoms with Crippen molar-refractivity contribution in [3.05, 3.63) is 60.7 Å². The number of alkyl halides is 3. The summed E-state index contributed by atoms with van der Waals surface area (Å²) in [5.74, 6) is -0.638. The van der Waals surface area contributed by atoms with Crippen molar-refractivity contribution in [3.63, 3.8) is 0 Å². The van der Waals surface area contributed by atoms with Crippen LogP contribution in [0.2, 0.25) is 0 Å². The second kappa shape index (κ2) is 8.14. The van der Waals surface area contributed by atoms with Crippen molar-refractivity contribution >= 4 is 27.1 Å². The summed E-state index contributed by atoms with van der Waals surface area (Å²) in [6, 6.07) is 8.69. The molecule has 2 N–H and O–H groups in total. The van der Waals surface area contributed by atoms with Crippen molar-refractivity contribution in [2.75, 3.05) is 23.4 Å². The highest BCUT2D eigenvalue weighted by atomic mass is 32.2. The van der Waals surface area contributed by atoms with Crippen LogP contribution in [0.1, 0.15) is 5.56 Å². The Hall–Kier alpha value is -3.41. The largest absolute Gasteiger partial charge is 0.416 e. The first-order valence-electron chi connectivity index (χ1n) is 8.44. The molecule has 0 spiro atoms. The smallest absolute Gasteiger partial charge is 0.376 e. The van der Waals surface area contributed by atoms with Gasteiger partial charge in [0.1, 0.15) is 12.7 Å². The van der Waals surface area contributed by atoms with Crippen LogP contribution in [-0.4, -0.2) is 41.9 Å². The molecule has 0 unspecified atom stereocenters. The second-order valence-electron chi connectivity index (χ2n) is 6.27. The SMILES string of the molecule is CS(=O)(=O)c1cccc(NCC(=O)Nc2cc(C(F)(F)F)ccc2-n2cncn2)c1. The minimum atomic E-state index is -4.59. The van der Waals surface area contributed by atoms with Crippen molar-refractivity contribution in [1.29, 1.82) is 0 Å². The first kappa shape index (κ1) is 21.3. The van der Waals surface area contributed by atoms with Crippen LogP contribution < -0.4 is 10.6 Å². The minimum Gasteiger partial charge on any atom is -0.376 e. The van der Waals surface area contributed by atoms with Crippen LogP contribution in [0.15, 0.2) is 60.0 Å². The number of benzene rings is 2. The molecule has 1 amide bonds. The van der Waals surface area contributed by atoms with Gasteiger partial charge in [-0.3, -0.25) is 4.79 Å². The van der Waals surface area contributed by atoms with Gasteiger partial charge in [0.2, 0.25) is 5.91 Å². The fraction of sp³-hybridized carbons (Fsp3) is 0.167. The van der Waals surface area contributed by atoms with E-state index in [-0.39, 0.29) is 22.8 Å². The minimum absolute atomic E-state index is 0.0688. The van der Waals surface area contributed by atoms with Gasteiger partial charge in [-0.2, -0.15) is 18.3 Å². The maximum atomic E-state index is 13.1. The van der Waals surface area contributed by atoms with Gasteiger partial charge < -0.3 is 10.6 Å². The normalized spacial score (nSPS) is 11.9. The van der Waals surface area contributed by atoms with Crippen molar-refractivity contribution < 1.29 is 26.4 Å². The summed E-state index contributed by atoms with van der Waals surface area (Å²) >= 11 is 0. The average molecular weight is 439 g/mol. The fourth-order valence-corrected chi connectivity index (χ4v) is 3.23. The summed E-state index contributed by atoms with van der Waals surface area (Å²) < 4.78 is 63.7. The van der Waals surface area contributed by atoms with Crippen molar-refractivity contribution in [1.82, 2.24) is 14.8 Å². The number of nitrogens with zero attached hydrogens (tertiary/aromatic N) is 3. The summed E-state index contributed by atoms with van der Waals surface area (Å²) in [6.07, 6.45) is -1.05. The molecular weight excluding hydrogens is 423 g/mol. The molecule has 0 radical (unpaired) electrons. The van der Waals surface area contributed by atoms with Crippen molar-refractivity contribution in [2.24, 2.45) is 0 Å². The molecule has 0 fully saturated rings. The number of halogens is 3. The van der Waals surface area contributed by atoms with Gasteiger partial charge in [-0.25, -0.2) is 18.1 Å². The first-order valence-corrected chi connectivity index (χ1v) is 10.3. The molecule has 3 rings (SSSR count). The van der Waals surface area contributed by atoms with E-state index in [1.807, 2.05) is 0 Å². The first-order chi connectivity index (χ1) is 14.0. The molecule has 30 heavy (non-hydrogen) atoms. The van der Waals surface area contributed by atoms with Crippen LogP contribution in [0.25, 0.3) is 5.69 Å². The van der Waals surface area contributed by atoms with Gasteiger partial charge in [0.25, 0.3) is 0 Å². The quantitative estimate of drug-likeness (QED) is 0.612. The van der Waals surface area contributed by atoms with Gasteiger partial charge in [-0.05, 0) is 36.4 Å². The van der Waals surface area contributed by atoms with Crippen LogP contribution >= 0.6 is 0 Å². The van der Waals surface area contributed by atoms with E-state index in [0.717, 1.165) is 18.4 Å². The second-order valence-corrected chi connectivity index (χ2v) is 8.29. The lowest BCUT2D eigenvalue weighted by Gasteiger charge is -2.15. The molecular formula is C18H16F3N5O3S. The highest BCUT2D eigenvalue weighted by Crippen LogP contribution is 2.33. The van der Waals surface area contributed by atoms with Gasteiger partial charge in [0.05, 0.1) is 28.4 Å². The molecule has 158 valence electrons. The highest BCUT2D eigenvalue weighted by Gasteiger charge is 2.31. The molecule has 3 aromatic rings. The number of carbonyl (C=O) groups excluding carboxylic acids is 1. The zero-order valence-electron chi connectivity index (χ0n) is 15.5. The molecule has 0 atom stereocenters. The monoisotopic (exact) mass is 439 g/mol. The Morgan fingerprint density at radius 3 is 2.57 bits per heavy atom. The molecule has 0 aliphatic carbocycles. The summed E-state index contributed by atoms with van der Waals surface area (Å²) in [5, 5.41) is 9.03. The van der Waals surface area contributed by atoms with E-state index in [1.165, 1.54) is 41.6 Å². The molecule has 8 nitrogen and oxygen atoms in total. The molecule has 0 saturated heterocycles. The number of sulfone groups is 1. The fourth-order valence-electron chi connectivity index (χ4n) is 2.56. The van der Waals surface area contributed by atoms with E-state index in [1.54, 1.807) is 6.07 Å². The summed E-state index contributed by atoms with van der Waals surface area (Å²) in [7, 11) is -3.42. The molecule has 0 saturated carbocycles. The Morgan fingerprint density at radius 2 is 1.93 bits per heavy atom. The lowest BCUT2D eigenvalue weighted by Crippen LogP contribution is -2.23. The molecule has 0 aliphatic rings. The number of nitrogens with one attached hydrogen (secondary N) is 2. The molecule has 0 bridgehead atoms. The predicted molar refractivity (Wildman–Crippen MR) is 103 cm³/mol. The molecule has 1 aromatic heterocycles. The number of anilines is 2. The maximum absolute atomic E-state index is 13.1. The Balaban J connectivity index is 1.79. The summed E-state index contributed by atoms with van der Waals surface area (Å²) in [6.45, 7) is -0.305. The molecule has 12 heteroatoms. The van der Waals surface area contributed by atoms with Crippen LogP contribution in [0.5, 0.6) is 0 Å². The number of carbonyl (C=O) groups is 1. The zero-order valence-corrected chi connectivity index (χ0v) is 16.3. The van der Waals surface area contributed by atoms with Gasteiger partial charge in [-0.15, -0.1) is 0 Å². The third kappa shape index (κ3) is 5.14. The number of hydrogen-bond donors (Lipinski definition) is 2. The van der Waals surface area contributed by atoms with Crippen LogP contribution in [-0.2, 0) is 20.8 Å². The van der Waals surface area contributed by atoms with E-state index in [4.69, 9.17) is 0 Å². The Bertz CT molecular complexity index is 1160. The van der Waals surface area contributed by atoms with Crippen LogP contribution in [0.4, 0.5) is 24.5 Å². The molecule has 1 heterocycles. The number of hydrogen-bond acceptors (Lipinski definition) is 6. The van der Waals surface area contributed by atoms with Gasteiger partial charge in [-0.1, -0.05) is 6.07 Å². The average Bonchev–Trinajstić information content (AvgIpc) is 3.20. The highest BCUT2D eigenvalue weighted by molar-refractivity contribution is 7.90. The van der Waals surface area contributed by atoms with Crippen LogP contribution in [0, 0.1) is 0 Å². The standard InChI is InChI=1S/C18H16F3N5O3S/c1-30(28,29)14-4-2-3-13(8-14)23-9-17(27)25-15-7-12(18(19,20)21)5-6-16(15)26-11-22-10-24-26/h2-8,10-11,23H,9H2,1H3,(H,25,27). The van der Waals surface area contributed by atoms with Crippen LogP contribution in [0.3, 0.4) is 0 Å². The maximum Gasteiger partial charge on any atom is 0.416 e. The molecule has 0 aliphatic heterocycles. The number of amides is 1. The van der Waals surface area contributed by atoms with Gasteiger partial charge in [0, 0.05) is 11.9 Å². The van der Waals surface area contributed by atoms with E-state index in [2.05, 4.69) is 20.7 Å². The lowest BCUT2D eigenvalue weighted by atomic mass is 10.1. The van der Waals surface area contributed by atoms with Crippen molar-refractivity contribution in [3.8, 4) is 5.69 Å². The zero-order chi connectivity index (χ0) is 21.9. The molecule has 2 aromatic carbocycles. The topological polar surface area (TPSA) is 106 Å². The predicted octanol–water partition coefficient (Wildman–Crippen LogP) is 2.74. The van der Waals surface area contributed by atoms with Crippen molar-refractivity contribution in [2.45, 2.75) is 11.1 Å². The Kier molecular flexibility index (Phi) is 5.78. The van der Waals surface area contributed by atoms with Gasteiger partial charge >= 0.3 is 6.18 Å². The summed E-state index contributed by atoms with van der Waals surface area (Å²) in [5.41, 5.74) is -0.468. The van der Waals surface area contributed by atoms with E-state index < -0.39 is 27.5 Å². The van der Waals surface area contributed by atoms with E-state index >= 15 is 0 Å². The lowest BCUT2D eigenvalue weighted by molar-refractivity contribution is -0.137. The number of rotatable bonds is 6. The van der Waals surface area contributed by atoms with E-state index in [0.29, 0.717) is 5.69 Å². The number of aromatic nitrogens is 3. The third-order valence-electron chi connectivity index (χ3n) is 3.98. The third-order valence-corrected chi connectivity index (χ3v) is 5.09. The Morgan fingerprint density at radius 1 is 1.17 bits per heavy atom. The Labute approximate surface area is 169 Å². The summed E-state index contributed by atoms with van der Waals surface area (Å²) in [4.78, 5) is 16.2. The van der Waals surface area contributed by atoms with Gasteiger partial charge in [0.15, 0.2) is 9.84 Å². The van der Waals surface area contributed by atoms with E-state index in [9.17, 15) is 26.4 Å².